The molecule has 0 radical (unpaired) electrons. The first-order valence-corrected chi connectivity index (χ1v) is 5.23. The van der Waals surface area contributed by atoms with Crippen molar-refractivity contribution in [3.63, 3.8) is 0 Å². The van der Waals surface area contributed by atoms with Crippen LogP contribution in [0.3, 0.4) is 0 Å². The van der Waals surface area contributed by atoms with E-state index in [4.69, 9.17) is 15.2 Å². The Bertz CT molecular complexity index is 371. The SMILES string of the molecule is C=C[C@H](N)c1cc(OC)c(Br)cc1OC.Cl. The van der Waals surface area contributed by atoms with Gasteiger partial charge in [-0.15, -0.1) is 19.0 Å². The molecule has 0 amide bonds. The Morgan fingerprint density at radius 3 is 2.31 bits per heavy atom. The summed E-state index contributed by atoms with van der Waals surface area (Å²) in [6.45, 7) is 3.66. The van der Waals surface area contributed by atoms with Crippen molar-refractivity contribution in [2.24, 2.45) is 5.73 Å². The average Bonchev–Trinajstić information content (AvgIpc) is 2.27. The molecule has 5 heteroatoms. The molecule has 0 aromatic heterocycles. The Kier molecular flexibility index (Phi) is 6.48. The molecule has 0 spiro atoms. The van der Waals surface area contributed by atoms with Gasteiger partial charge >= 0.3 is 0 Å². The lowest BCUT2D eigenvalue weighted by molar-refractivity contribution is 0.395. The summed E-state index contributed by atoms with van der Waals surface area (Å²) in [6.07, 6.45) is 1.66. The zero-order valence-electron chi connectivity index (χ0n) is 9.20. The van der Waals surface area contributed by atoms with Gasteiger partial charge in [0.15, 0.2) is 0 Å². The zero-order chi connectivity index (χ0) is 11.4. The van der Waals surface area contributed by atoms with Crippen LogP contribution in [0.4, 0.5) is 0 Å². The molecule has 0 saturated heterocycles. The number of benzene rings is 1. The summed E-state index contributed by atoms with van der Waals surface area (Å²) in [5.41, 5.74) is 6.73. The predicted octanol–water partition coefficient (Wildman–Crippen LogP) is 3.07. The van der Waals surface area contributed by atoms with Crippen LogP contribution in [0.5, 0.6) is 11.5 Å². The summed E-state index contributed by atoms with van der Waals surface area (Å²) in [5, 5.41) is 0. The summed E-state index contributed by atoms with van der Waals surface area (Å²) in [6, 6.07) is 3.41. The third-order valence-electron chi connectivity index (χ3n) is 2.12. The first-order chi connectivity index (χ1) is 7.13. The van der Waals surface area contributed by atoms with Crippen molar-refractivity contribution in [3.05, 3.63) is 34.8 Å². The molecule has 16 heavy (non-hydrogen) atoms. The van der Waals surface area contributed by atoms with E-state index in [1.807, 2.05) is 12.1 Å². The molecule has 0 unspecified atom stereocenters. The van der Waals surface area contributed by atoms with E-state index in [9.17, 15) is 0 Å². The van der Waals surface area contributed by atoms with E-state index < -0.39 is 0 Å². The molecule has 0 fully saturated rings. The van der Waals surface area contributed by atoms with Gasteiger partial charge in [0.1, 0.15) is 11.5 Å². The van der Waals surface area contributed by atoms with Crippen LogP contribution in [0.15, 0.2) is 29.3 Å². The van der Waals surface area contributed by atoms with E-state index >= 15 is 0 Å². The zero-order valence-corrected chi connectivity index (χ0v) is 11.6. The van der Waals surface area contributed by atoms with Crippen molar-refractivity contribution in [2.75, 3.05) is 14.2 Å². The second-order valence-corrected chi connectivity index (χ2v) is 3.84. The second-order valence-electron chi connectivity index (χ2n) is 2.99. The maximum absolute atomic E-state index is 5.88. The second kappa shape index (κ2) is 6.78. The van der Waals surface area contributed by atoms with Crippen molar-refractivity contribution in [3.8, 4) is 11.5 Å². The van der Waals surface area contributed by atoms with Crippen LogP contribution in [-0.2, 0) is 0 Å². The Morgan fingerprint density at radius 2 is 1.88 bits per heavy atom. The van der Waals surface area contributed by atoms with E-state index in [0.29, 0.717) is 0 Å². The highest BCUT2D eigenvalue weighted by atomic mass is 79.9. The Hall–Kier alpha value is -0.710. The molecule has 0 bridgehead atoms. The minimum atomic E-state index is -0.262. The van der Waals surface area contributed by atoms with Gasteiger partial charge < -0.3 is 15.2 Å². The molecule has 1 aromatic carbocycles. The van der Waals surface area contributed by atoms with Crippen molar-refractivity contribution in [1.82, 2.24) is 0 Å². The van der Waals surface area contributed by atoms with E-state index in [1.165, 1.54) is 0 Å². The monoisotopic (exact) mass is 307 g/mol. The van der Waals surface area contributed by atoms with Gasteiger partial charge in [0.2, 0.25) is 0 Å². The topological polar surface area (TPSA) is 44.5 Å². The number of hydrogen-bond acceptors (Lipinski definition) is 3. The fourth-order valence-corrected chi connectivity index (χ4v) is 1.76. The van der Waals surface area contributed by atoms with Crippen LogP contribution in [0.25, 0.3) is 0 Å². The minimum absolute atomic E-state index is 0. The fraction of sp³-hybridized carbons (Fsp3) is 0.273. The number of hydrogen-bond donors (Lipinski definition) is 1. The molecule has 1 rings (SSSR count). The van der Waals surface area contributed by atoms with E-state index in [1.54, 1.807) is 20.3 Å². The number of ether oxygens (including phenoxy) is 2. The van der Waals surface area contributed by atoms with Crippen molar-refractivity contribution in [1.29, 1.82) is 0 Å². The van der Waals surface area contributed by atoms with E-state index in [2.05, 4.69) is 22.5 Å². The van der Waals surface area contributed by atoms with Gasteiger partial charge in [-0.3, -0.25) is 0 Å². The first-order valence-electron chi connectivity index (χ1n) is 4.43. The third-order valence-corrected chi connectivity index (χ3v) is 2.74. The summed E-state index contributed by atoms with van der Waals surface area (Å²) >= 11 is 3.38. The van der Waals surface area contributed by atoms with Crippen LogP contribution in [0.2, 0.25) is 0 Å². The van der Waals surface area contributed by atoms with E-state index in [0.717, 1.165) is 21.5 Å². The lowest BCUT2D eigenvalue weighted by Crippen LogP contribution is -2.08. The van der Waals surface area contributed by atoms with Crippen LogP contribution >= 0.6 is 28.3 Å². The summed E-state index contributed by atoms with van der Waals surface area (Å²) in [5.74, 6) is 1.44. The molecular formula is C11H15BrClNO2. The minimum Gasteiger partial charge on any atom is -0.496 e. The molecule has 0 saturated carbocycles. The van der Waals surface area contributed by atoms with Crippen LogP contribution < -0.4 is 15.2 Å². The van der Waals surface area contributed by atoms with Crippen LogP contribution in [0, 0.1) is 0 Å². The average molecular weight is 309 g/mol. The fourth-order valence-electron chi connectivity index (χ4n) is 1.27. The molecular weight excluding hydrogens is 293 g/mol. The largest absolute Gasteiger partial charge is 0.496 e. The van der Waals surface area contributed by atoms with E-state index in [-0.39, 0.29) is 18.4 Å². The highest BCUT2D eigenvalue weighted by molar-refractivity contribution is 9.10. The molecule has 2 N–H and O–H groups in total. The summed E-state index contributed by atoms with van der Waals surface area (Å²) in [4.78, 5) is 0. The van der Waals surface area contributed by atoms with Gasteiger partial charge in [-0.1, -0.05) is 6.08 Å². The quantitative estimate of drug-likeness (QED) is 0.869. The normalized spacial score (nSPS) is 11.2. The molecule has 3 nitrogen and oxygen atoms in total. The number of methoxy groups -OCH3 is 2. The van der Waals surface area contributed by atoms with Crippen LogP contribution in [0.1, 0.15) is 11.6 Å². The Balaban J connectivity index is 0.00000225. The van der Waals surface area contributed by atoms with Crippen molar-refractivity contribution >= 4 is 28.3 Å². The molecule has 1 atom stereocenters. The Morgan fingerprint density at radius 1 is 1.31 bits per heavy atom. The van der Waals surface area contributed by atoms with Gasteiger partial charge in [0.05, 0.1) is 24.7 Å². The predicted molar refractivity (Wildman–Crippen MR) is 71.6 cm³/mol. The highest BCUT2D eigenvalue weighted by Gasteiger charge is 2.13. The molecule has 90 valence electrons. The maximum atomic E-state index is 5.88. The number of nitrogens with two attached hydrogens (primary N) is 1. The third kappa shape index (κ3) is 3.14. The number of halogens is 2. The number of rotatable bonds is 4. The smallest absolute Gasteiger partial charge is 0.133 e. The van der Waals surface area contributed by atoms with Crippen LogP contribution in [-0.4, -0.2) is 14.2 Å². The summed E-state index contributed by atoms with van der Waals surface area (Å²) in [7, 11) is 3.21. The maximum Gasteiger partial charge on any atom is 0.133 e. The van der Waals surface area contributed by atoms with Crippen molar-refractivity contribution < 1.29 is 9.47 Å². The lowest BCUT2D eigenvalue weighted by Gasteiger charge is -2.14. The summed E-state index contributed by atoms with van der Waals surface area (Å²) < 4.78 is 11.3. The van der Waals surface area contributed by atoms with Gasteiger partial charge in [-0.25, -0.2) is 0 Å². The van der Waals surface area contributed by atoms with Gasteiger partial charge in [0, 0.05) is 5.56 Å². The molecule has 1 aromatic rings. The van der Waals surface area contributed by atoms with Gasteiger partial charge in [-0.2, -0.15) is 0 Å². The standard InChI is InChI=1S/C11H14BrNO2.ClH/c1-4-9(13)7-5-11(15-3)8(12)6-10(7)14-2;/h4-6,9H,1,13H2,2-3H3;1H/t9-;/m0./s1. The first kappa shape index (κ1) is 15.3. The molecule has 0 aliphatic heterocycles. The van der Waals surface area contributed by atoms with Gasteiger partial charge in [0.25, 0.3) is 0 Å². The van der Waals surface area contributed by atoms with Gasteiger partial charge in [-0.05, 0) is 28.1 Å². The molecule has 0 aliphatic carbocycles. The Labute approximate surface area is 110 Å². The molecule has 0 aliphatic rings. The lowest BCUT2D eigenvalue weighted by atomic mass is 10.1. The molecule has 0 heterocycles. The highest BCUT2D eigenvalue weighted by Crippen LogP contribution is 2.35. The van der Waals surface area contributed by atoms with Crippen molar-refractivity contribution in [2.45, 2.75) is 6.04 Å².